The van der Waals surface area contributed by atoms with Crippen LogP contribution in [0.4, 0.5) is 8.78 Å². The van der Waals surface area contributed by atoms with E-state index < -0.39 is 11.6 Å². The van der Waals surface area contributed by atoms with Gasteiger partial charge < -0.3 is 0 Å². The summed E-state index contributed by atoms with van der Waals surface area (Å²) < 4.78 is 25.7. The molecule has 0 saturated heterocycles. The summed E-state index contributed by atoms with van der Waals surface area (Å²) >= 11 is 0. The van der Waals surface area contributed by atoms with E-state index in [1.165, 1.54) is 12.1 Å². The Morgan fingerprint density at radius 2 is 1.79 bits per heavy atom. The Kier molecular flexibility index (Phi) is 3.62. The van der Waals surface area contributed by atoms with Gasteiger partial charge >= 0.3 is 0 Å². The predicted octanol–water partition coefficient (Wildman–Crippen LogP) is 4.11. The molecule has 0 saturated carbocycles. The second-order valence-electron chi connectivity index (χ2n) is 3.93. The molecule has 0 unspecified atom stereocenters. The lowest BCUT2D eigenvalue weighted by Crippen LogP contribution is -2.06. The molecule has 0 heterocycles. The lowest BCUT2D eigenvalue weighted by atomic mass is 9.86. The molecule has 0 radical (unpaired) electrons. The van der Waals surface area contributed by atoms with Gasteiger partial charge in [-0.05, 0) is 36.0 Å². The molecule has 0 bridgehead atoms. The van der Waals surface area contributed by atoms with E-state index in [2.05, 4.69) is 20.8 Å². The Morgan fingerprint density at radius 1 is 1.14 bits per heavy atom. The van der Waals surface area contributed by atoms with E-state index >= 15 is 0 Å². The summed E-state index contributed by atoms with van der Waals surface area (Å²) in [6.07, 6.45) is 0.947. The Labute approximate surface area is 84.0 Å². The van der Waals surface area contributed by atoms with Crippen molar-refractivity contribution in [1.29, 1.82) is 0 Å². The van der Waals surface area contributed by atoms with Gasteiger partial charge in [0.25, 0.3) is 0 Å². The third-order valence-corrected chi connectivity index (χ3v) is 2.62. The van der Waals surface area contributed by atoms with Crippen LogP contribution >= 0.6 is 0 Å². The second kappa shape index (κ2) is 4.54. The largest absolute Gasteiger partial charge is 0.204 e. The van der Waals surface area contributed by atoms with E-state index in [4.69, 9.17) is 0 Å². The molecule has 0 aliphatic heterocycles. The van der Waals surface area contributed by atoms with Crippen LogP contribution in [0.25, 0.3) is 0 Å². The Balaban J connectivity index is 3.00. The van der Waals surface area contributed by atoms with Gasteiger partial charge in [-0.3, -0.25) is 0 Å². The summed E-state index contributed by atoms with van der Waals surface area (Å²) in [7, 11) is 0. The van der Waals surface area contributed by atoms with E-state index in [0.29, 0.717) is 11.8 Å². The zero-order valence-corrected chi connectivity index (χ0v) is 8.85. The highest BCUT2D eigenvalue weighted by molar-refractivity contribution is 5.22. The fourth-order valence-electron chi connectivity index (χ4n) is 1.84. The average molecular weight is 198 g/mol. The van der Waals surface area contributed by atoms with Crippen LogP contribution in [0.1, 0.15) is 38.7 Å². The van der Waals surface area contributed by atoms with Gasteiger partial charge in [-0.2, -0.15) is 0 Å². The van der Waals surface area contributed by atoms with Crippen molar-refractivity contribution >= 4 is 0 Å². The first-order valence-electron chi connectivity index (χ1n) is 5.01. The minimum absolute atomic E-state index is 0.310. The molecule has 0 amide bonds. The maximum absolute atomic E-state index is 13.0. The lowest BCUT2D eigenvalue weighted by molar-refractivity contribution is 0.471. The summed E-state index contributed by atoms with van der Waals surface area (Å²) in [4.78, 5) is 0. The maximum atomic E-state index is 13.0. The number of benzene rings is 1. The topological polar surface area (TPSA) is 0 Å². The van der Waals surface area contributed by atoms with Gasteiger partial charge in [-0.25, -0.2) is 8.78 Å². The van der Waals surface area contributed by atoms with Crippen LogP contribution in [-0.2, 0) is 0 Å². The minimum Gasteiger partial charge on any atom is -0.204 e. The van der Waals surface area contributed by atoms with Crippen LogP contribution in [0.2, 0.25) is 0 Å². The van der Waals surface area contributed by atoms with Gasteiger partial charge in [0.2, 0.25) is 0 Å². The monoisotopic (exact) mass is 198 g/mol. The zero-order valence-electron chi connectivity index (χ0n) is 8.85. The van der Waals surface area contributed by atoms with Crippen molar-refractivity contribution in [2.24, 2.45) is 5.92 Å². The molecule has 0 fully saturated rings. The Bertz CT molecular complexity index is 305. The highest BCUT2D eigenvalue weighted by Crippen LogP contribution is 2.28. The molecule has 1 rings (SSSR count). The van der Waals surface area contributed by atoms with Gasteiger partial charge in [0, 0.05) is 0 Å². The minimum atomic E-state index is -0.771. The number of hydrogen-bond donors (Lipinski definition) is 0. The second-order valence-corrected chi connectivity index (χ2v) is 3.93. The van der Waals surface area contributed by atoms with Crippen molar-refractivity contribution in [2.45, 2.75) is 33.1 Å². The van der Waals surface area contributed by atoms with E-state index in [9.17, 15) is 8.78 Å². The van der Waals surface area contributed by atoms with Crippen molar-refractivity contribution in [2.75, 3.05) is 0 Å². The van der Waals surface area contributed by atoms with Crippen LogP contribution in [0, 0.1) is 17.6 Å². The SMILES string of the molecule is CC[C@@H](c1ccc(F)c(F)c1)C(C)C. The first kappa shape index (κ1) is 11.2. The summed E-state index contributed by atoms with van der Waals surface area (Å²) in [6.45, 7) is 6.25. The highest BCUT2D eigenvalue weighted by Gasteiger charge is 2.15. The molecule has 0 N–H and O–H groups in total. The molecular formula is C12H16F2. The molecule has 0 spiro atoms. The quantitative estimate of drug-likeness (QED) is 0.685. The summed E-state index contributed by atoms with van der Waals surface area (Å²) in [5.74, 6) is -0.760. The van der Waals surface area contributed by atoms with E-state index in [1.807, 2.05) is 0 Å². The van der Waals surface area contributed by atoms with Crippen molar-refractivity contribution < 1.29 is 8.78 Å². The van der Waals surface area contributed by atoms with Gasteiger partial charge in [0.1, 0.15) is 0 Å². The number of halogens is 2. The number of rotatable bonds is 3. The Morgan fingerprint density at radius 3 is 2.21 bits per heavy atom. The fraction of sp³-hybridized carbons (Fsp3) is 0.500. The predicted molar refractivity (Wildman–Crippen MR) is 54.2 cm³/mol. The fourth-order valence-corrected chi connectivity index (χ4v) is 1.84. The normalized spacial score (nSPS) is 13.3. The Hall–Kier alpha value is -0.920. The highest BCUT2D eigenvalue weighted by atomic mass is 19.2. The van der Waals surface area contributed by atoms with Gasteiger partial charge in [0.05, 0.1) is 0 Å². The van der Waals surface area contributed by atoms with Gasteiger partial charge in [-0.1, -0.05) is 26.8 Å². The summed E-state index contributed by atoms with van der Waals surface area (Å²) in [5, 5.41) is 0. The molecular weight excluding hydrogens is 182 g/mol. The molecule has 2 heteroatoms. The van der Waals surface area contributed by atoms with Crippen molar-refractivity contribution in [1.82, 2.24) is 0 Å². The first-order chi connectivity index (χ1) is 6.56. The smallest absolute Gasteiger partial charge is 0.159 e. The molecule has 1 aromatic carbocycles. The van der Waals surface area contributed by atoms with Crippen LogP contribution in [0.3, 0.4) is 0 Å². The first-order valence-corrected chi connectivity index (χ1v) is 5.01. The maximum Gasteiger partial charge on any atom is 0.159 e. The van der Waals surface area contributed by atoms with E-state index in [1.54, 1.807) is 6.07 Å². The number of hydrogen-bond acceptors (Lipinski definition) is 0. The molecule has 78 valence electrons. The average Bonchev–Trinajstić information content (AvgIpc) is 2.11. The van der Waals surface area contributed by atoms with Crippen LogP contribution < -0.4 is 0 Å². The lowest BCUT2D eigenvalue weighted by Gasteiger charge is -2.19. The molecule has 0 aliphatic rings. The van der Waals surface area contributed by atoms with Crippen LogP contribution in [-0.4, -0.2) is 0 Å². The van der Waals surface area contributed by atoms with Gasteiger partial charge in [-0.15, -0.1) is 0 Å². The van der Waals surface area contributed by atoms with Crippen molar-refractivity contribution in [3.8, 4) is 0 Å². The van der Waals surface area contributed by atoms with Crippen molar-refractivity contribution in [3.05, 3.63) is 35.4 Å². The summed E-state index contributed by atoms with van der Waals surface area (Å²) in [6, 6.07) is 4.19. The zero-order chi connectivity index (χ0) is 10.7. The molecule has 0 aromatic heterocycles. The standard InChI is InChI=1S/C12H16F2/c1-4-10(8(2)3)9-5-6-11(13)12(14)7-9/h5-8,10H,4H2,1-3H3/t10-/m1/s1. The molecule has 14 heavy (non-hydrogen) atoms. The van der Waals surface area contributed by atoms with Crippen LogP contribution in [0.15, 0.2) is 18.2 Å². The molecule has 1 aromatic rings. The molecule has 0 nitrogen and oxygen atoms in total. The molecule has 0 aliphatic carbocycles. The van der Waals surface area contributed by atoms with E-state index in [0.717, 1.165) is 12.0 Å². The third-order valence-electron chi connectivity index (χ3n) is 2.62. The third kappa shape index (κ3) is 2.31. The summed E-state index contributed by atoms with van der Waals surface area (Å²) in [5.41, 5.74) is 0.890. The van der Waals surface area contributed by atoms with Crippen LogP contribution in [0.5, 0.6) is 0 Å². The molecule has 1 atom stereocenters. The van der Waals surface area contributed by atoms with Gasteiger partial charge in [0.15, 0.2) is 11.6 Å². The van der Waals surface area contributed by atoms with Crippen molar-refractivity contribution in [3.63, 3.8) is 0 Å². The van der Waals surface area contributed by atoms with E-state index in [-0.39, 0.29) is 0 Å².